The van der Waals surface area contributed by atoms with Crippen molar-refractivity contribution in [3.8, 4) is 0 Å². The first-order valence-electron chi connectivity index (χ1n) is 6.44. The maximum absolute atomic E-state index is 13.9. The third kappa shape index (κ3) is 2.26. The van der Waals surface area contributed by atoms with Gasteiger partial charge in [0.05, 0.1) is 16.6 Å². The molecule has 1 aliphatic rings. The van der Waals surface area contributed by atoms with Crippen molar-refractivity contribution in [2.75, 3.05) is 0 Å². The van der Waals surface area contributed by atoms with Crippen molar-refractivity contribution in [2.45, 2.75) is 33.7 Å². The Bertz CT molecular complexity index is 627. The molecule has 0 bridgehead atoms. The summed E-state index contributed by atoms with van der Waals surface area (Å²) in [6.07, 6.45) is 0. The molecule has 114 valence electrons. The Morgan fingerprint density at radius 3 is 2.19 bits per heavy atom. The molecule has 1 saturated carbocycles. The predicted octanol–water partition coefficient (Wildman–Crippen LogP) is 3.04. The van der Waals surface area contributed by atoms with E-state index >= 15 is 0 Å². The van der Waals surface area contributed by atoms with Gasteiger partial charge in [0, 0.05) is 6.04 Å². The van der Waals surface area contributed by atoms with E-state index < -0.39 is 33.7 Å². The van der Waals surface area contributed by atoms with Gasteiger partial charge in [0.2, 0.25) is 5.82 Å². The minimum absolute atomic E-state index is 0.182. The molecule has 0 saturated heterocycles. The van der Waals surface area contributed by atoms with Crippen molar-refractivity contribution < 1.29 is 18.5 Å². The fourth-order valence-corrected chi connectivity index (χ4v) is 2.64. The van der Waals surface area contributed by atoms with E-state index in [4.69, 9.17) is 0 Å². The van der Waals surface area contributed by atoms with Gasteiger partial charge in [0.1, 0.15) is 5.82 Å². The third-order valence-electron chi connectivity index (χ3n) is 4.76. The van der Waals surface area contributed by atoms with Crippen molar-refractivity contribution in [1.29, 1.82) is 0 Å². The van der Waals surface area contributed by atoms with Crippen LogP contribution in [0.3, 0.4) is 0 Å². The first-order valence-corrected chi connectivity index (χ1v) is 6.44. The average Bonchev–Trinajstić information content (AvgIpc) is 2.73. The summed E-state index contributed by atoms with van der Waals surface area (Å²) in [6.45, 7) is 7.79. The van der Waals surface area contributed by atoms with E-state index in [1.807, 2.05) is 27.7 Å². The highest BCUT2D eigenvalue weighted by molar-refractivity contribution is 5.95. The summed E-state index contributed by atoms with van der Waals surface area (Å²) in [5.74, 6) is -3.20. The van der Waals surface area contributed by atoms with Crippen LogP contribution in [0.2, 0.25) is 0 Å². The molecule has 1 aromatic carbocycles. The maximum Gasteiger partial charge on any atom is 0.308 e. The molecule has 5 nitrogen and oxygen atoms in total. The average molecular weight is 298 g/mol. The van der Waals surface area contributed by atoms with E-state index in [1.165, 1.54) is 0 Å². The second-order valence-corrected chi connectivity index (χ2v) is 6.39. The highest BCUT2D eigenvalue weighted by Gasteiger charge is 2.65. The molecule has 0 atom stereocenters. The Kier molecular flexibility index (Phi) is 3.27. The van der Waals surface area contributed by atoms with Crippen molar-refractivity contribution in [3.63, 3.8) is 0 Å². The van der Waals surface area contributed by atoms with Crippen molar-refractivity contribution in [3.05, 3.63) is 39.4 Å². The molecule has 0 heterocycles. The molecule has 0 radical (unpaired) electrons. The zero-order valence-corrected chi connectivity index (χ0v) is 12.2. The molecule has 7 heteroatoms. The molecule has 1 aromatic rings. The Morgan fingerprint density at radius 2 is 1.76 bits per heavy atom. The monoisotopic (exact) mass is 298 g/mol. The number of nitrogens with one attached hydrogen (secondary N) is 1. The molecule has 0 aliphatic heterocycles. The van der Waals surface area contributed by atoms with Gasteiger partial charge in [0.25, 0.3) is 5.91 Å². The molecular weight excluding hydrogens is 282 g/mol. The van der Waals surface area contributed by atoms with Crippen LogP contribution in [0.25, 0.3) is 0 Å². The molecule has 1 aliphatic carbocycles. The number of carbonyl (C=O) groups is 1. The largest absolute Gasteiger partial charge is 0.348 e. The highest BCUT2D eigenvalue weighted by atomic mass is 19.1. The summed E-state index contributed by atoms with van der Waals surface area (Å²) < 4.78 is 27.3. The number of rotatable bonds is 3. The van der Waals surface area contributed by atoms with Gasteiger partial charge < -0.3 is 5.32 Å². The van der Waals surface area contributed by atoms with Gasteiger partial charge in [-0.15, -0.1) is 0 Å². The van der Waals surface area contributed by atoms with E-state index in [2.05, 4.69) is 5.32 Å². The highest BCUT2D eigenvalue weighted by Crippen LogP contribution is 2.62. The molecule has 1 fully saturated rings. The lowest BCUT2D eigenvalue weighted by Crippen LogP contribution is -2.30. The Morgan fingerprint density at radius 1 is 1.24 bits per heavy atom. The zero-order valence-electron chi connectivity index (χ0n) is 12.2. The smallest absolute Gasteiger partial charge is 0.308 e. The second kappa shape index (κ2) is 4.47. The van der Waals surface area contributed by atoms with Crippen molar-refractivity contribution in [1.82, 2.24) is 5.32 Å². The number of nitrogens with zero attached hydrogens (tertiary/aromatic N) is 1. The topological polar surface area (TPSA) is 72.2 Å². The quantitative estimate of drug-likeness (QED) is 0.688. The van der Waals surface area contributed by atoms with Crippen molar-refractivity contribution in [2.24, 2.45) is 10.8 Å². The lowest BCUT2D eigenvalue weighted by molar-refractivity contribution is -0.387. The van der Waals surface area contributed by atoms with Gasteiger partial charge in [0.15, 0.2) is 0 Å². The normalized spacial score (nSPS) is 19.1. The second-order valence-electron chi connectivity index (χ2n) is 6.39. The number of nitro benzene ring substituents is 1. The summed E-state index contributed by atoms with van der Waals surface area (Å²) in [4.78, 5) is 21.7. The number of halogens is 2. The number of hydrogen-bond acceptors (Lipinski definition) is 3. The predicted molar refractivity (Wildman–Crippen MR) is 71.8 cm³/mol. The summed E-state index contributed by atoms with van der Waals surface area (Å²) in [5.41, 5.74) is -2.06. The standard InChI is InChI=1S/C14H16F2N2O3/c1-13(2)12(14(13,3)4)17-11(19)8-5-7(15)6-9(10(8)16)18(20)21/h5-6,12H,1-4H3,(H,17,19). The first-order chi connectivity index (χ1) is 9.50. The van der Waals surface area contributed by atoms with Gasteiger partial charge in [-0.05, 0) is 16.9 Å². The molecule has 0 aromatic heterocycles. The lowest BCUT2D eigenvalue weighted by Gasteiger charge is -2.08. The van der Waals surface area contributed by atoms with Crippen LogP contribution in [0.4, 0.5) is 14.5 Å². The van der Waals surface area contributed by atoms with Crippen LogP contribution in [0.15, 0.2) is 12.1 Å². The summed E-state index contributed by atoms with van der Waals surface area (Å²) in [7, 11) is 0. The number of amides is 1. The molecule has 1 N–H and O–H groups in total. The number of hydrogen-bond donors (Lipinski definition) is 1. The van der Waals surface area contributed by atoms with E-state index in [1.54, 1.807) is 0 Å². The molecular formula is C14H16F2N2O3. The van der Waals surface area contributed by atoms with Crippen LogP contribution in [0, 0.1) is 32.6 Å². The van der Waals surface area contributed by atoms with E-state index in [9.17, 15) is 23.7 Å². The van der Waals surface area contributed by atoms with Crippen molar-refractivity contribution >= 4 is 11.6 Å². The molecule has 0 spiro atoms. The molecule has 1 amide bonds. The first kappa shape index (κ1) is 15.3. The minimum atomic E-state index is -1.32. The summed E-state index contributed by atoms with van der Waals surface area (Å²) in [5, 5.41) is 13.3. The van der Waals surface area contributed by atoms with Crippen LogP contribution in [0.5, 0.6) is 0 Å². The number of nitro groups is 1. The molecule has 0 unspecified atom stereocenters. The SMILES string of the molecule is CC1(C)C(NC(=O)c2cc(F)cc([N+](=O)[O-])c2F)C1(C)C. The third-order valence-corrected chi connectivity index (χ3v) is 4.76. The Balaban J connectivity index is 2.31. The lowest BCUT2D eigenvalue weighted by atomic mass is 10.0. The fourth-order valence-electron chi connectivity index (χ4n) is 2.64. The Labute approximate surface area is 120 Å². The van der Waals surface area contributed by atoms with E-state index in [-0.39, 0.29) is 16.9 Å². The van der Waals surface area contributed by atoms with Crippen LogP contribution in [0.1, 0.15) is 38.1 Å². The summed E-state index contributed by atoms with van der Waals surface area (Å²) >= 11 is 0. The fraction of sp³-hybridized carbons (Fsp3) is 0.500. The van der Waals surface area contributed by atoms with Gasteiger partial charge in [-0.25, -0.2) is 4.39 Å². The van der Waals surface area contributed by atoms with Gasteiger partial charge in [-0.2, -0.15) is 4.39 Å². The Hall–Kier alpha value is -2.05. The maximum atomic E-state index is 13.9. The van der Waals surface area contributed by atoms with Crippen LogP contribution in [-0.2, 0) is 0 Å². The van der Waals surface area contributed by atoms with Crippen LogP contribution >= 0.6 is 0 Å². The van der Waals surface area contributed by atoms with Crippen LogP contribution < -0.4 is 5.32 Å². The zero-order chi connectivity index (χ0) is 16.2. The number of carbonyl (C=O) groups excluding carboxylic acids is 1. The minimum Gasteiger partial charge on any atom is -0.348 e. The summed E-state index contributed by atoms with van der Waals surface area (Å²) in [6, 6.07) is 0.913. The van der Waals surface area contributed by atoms with Gasteiger partial charge in [-0.1, -0.05) is 27.7 Å². The van der Waals surface area contributed by atoms with Crippen LogP contribution in [-0.4, -0.2) is 16.9 Å². The van der Waals surface area contributed by atoms with Gasteiger partial charge >= 0.3 is 5.69 Å². The van der Waals surface area contributed by atoms with Gasteiger partial charge in [-0.3, -0.25) is 14.9 Å². The molecule has 2 rings (SSSR count). The molecule has 21 heavy (non-hydrogen) atoms. The number of benzene rings is 1. The van der Waals surface area contributed by atoms with E-state index in [0.29, 0.717) is 12.1 Å². The van der Waals surface area contributed by atoms with E-state index in [0.717, 1.165) is 0 Å².